The Morgan fingerprint density at radius 1 is 1.24 bits per heavy atom. The van der Waals surface area contributed by atoms with Gasteiger partial charge in [-0.15, -0.1) is 0 Å². The predicted molar refractivity (Wildman–Crippen MR) is 81.3 cm³/mol. The number of benzene rings is 1. The van der Waals surface area contributed by atoms with E-state index in [1.165, 1.54) is 44.6 Å². The fourth-order valence-electron chi connectivity index (χ4n) is 6.29. The van der Waals surface area contributed by atoms with Crippen LogP contribution in [-0.2, 0) is 6.42 Å². The molecule has 0 heterocycles. The molecule has 21 heavy (non-hydrogen) atoms. The van der Waals surface area contributed by atoms with Gasteiger partial charge in [-0.1, -0.05) is 19.1 Å². The number of hydrogen-bond donors (Lipinski definition) is 1. The Hall–Kier alpha value is -0.890. The molecule has 0 saturated heterocycles. The van der Waals surface area contributed by atoms with Crippen molar-refractivity contribution in [3.8, 4) is 0 Å². The summed E-state index contributed by atoms with van der Waals surface area (Å²) in [4.78, 5) is 0. The van der Waals surface area contributed by atoms with Crippen LogP contribution in [0, 0.1) is 28.5 Å². The summed E-state index contributed by atoms with van der Waals surface area (Å²) >= 11 is 0. The SMILES string of the molecule is CC12CC3CC(C1)CC(C(O)Cc1cccc(F)c1)(C3)C2. The van der Waals surface area contributed by atoms with Crippen molar-refractivity contribution in [3.05, 3.63) is 35.6 Å². The predicted octanol–water partition coefficient (Wildman–Crippen LogP) is 4.34. The number of aliphatic hydroxyl groups is 1. The second kappa shape index (κ2) is 4.55. The van der Waals surface area contributed by atoms with Gasteiger partial charge >= 0.3 is 0 Å². The molecule has 4 bridgehead atoms. The maximum Gasteiger partial charge on any atom is 0.123 e. The second-order valence-electron chi connectivity index (χ2n) is 8.48. The van der Waals surface area contributed by atoms with Crippen molar-refractivity contribution in [2.75, 3.05) is 0 Å². The van der Waals surface area contributed by atoms with Gasteiger partial charge in [-0.2, -0.15) is 0 Å². The molecule has 5 rings (SSSR count). The van der Waals surface area contributed by atoms with E-state index in [1.54, 1.807) is 12.1 Å². The summed E-state index contributed by atoms with van der Waals surface area (Å²) in [5.74, 6) is 1.44. The van der Waals surface area contributed by atoms with Crippen LogP contribution in [0.5, 0.6) is 0 Å². The first-order valence-corrected chi connectivity index (χ1v) is 8.39. The fourth-order valence-corrected chi connectivity index (χ4v) is 6.29. The maximum atomic E-state index is 13.4. The molecule has 1 aromatic rings. The van der Waals surface area contributed by atoms with Gasteiger partial charge in [-0.25, -0.2) is 4.39 Å². The third kappa shape index (κ3) is 2.32. The lowest BCUT2D eigenvalue weighted by molar-refractivity contribution is -0.152. The molecule has 0 amide bonds. The lowest BCUT2D eigenvalue weighted by atomic mass is 9.43. The quantitative estimate of drug-likeness (QED) is 0.877. The van der Waals surface area contributed by atoms with E-state index < -0.39 is 0 Å². The van der Waals surface area contributed by atoms with Crippen molar-refractivity contribution in [1.82, 2.24) is 0 Å². The molecule has 4 saturated carbocycles. The highest BCUT2D eigenvalue weighted by Gasteiger charge is 2.57. The van der Waals surface area contributed by atoms with Crippen LogP contribution in [0.1, 0.15) is 51.0 Å². The Balaban J connectivity index is 1.57. The molecule has 4 aliphatic rings. The van der Waals surface area contributed by atoms with Crippen LogP contribution in [-0.4, -0.2) is 11.2 Å². The summed E-state index contributed by atoms with van der Waals surface area (Å²) in [6.45, 7) is 2.42. The largest absolute Gasteiger partial charge is 0.392 e. The minimum absolute atomic E-state index is 0.102. The van der Waals surface area contributed by atoms with Crippen molar-refractivity contribution in [1.29, 1.82) is 0 Å². The molecule has 114 valence electrons. The van der Waals surface area contributed by atoms with Crippen LogP contribution in [0.2, 0.25) is 0 Å². The van der Waals surface area contributed by atoms with Crippen LogP contribution < -0.4 is 0 Å². The third-order valence-corrected chi connectivity index (χ3v) is 6.42. The average molecular weight is 288 g/mol. The zero-order valence-corrected chi connectivity index (χ0v) is 12.8. The topological polar surface area (TPSA) is 20.2 Å². The van der Waals surface area contributed by atoms with Gasteiger partial charge in [0, 0.05) is 0 Å². The van der Waals surface area contributed by atoms with E-state index in [0.717, 1.165) is 17.4 Å². The Labute approximate surface area is 126 Å². The van der Waals surface area contributed by atoms with Crippen LogP contribution in [0.25, 0.3) is 0 Å². The molecule has 0 aliphatic heterocycles. The van der Waals surface area contributed by atoms with Gasteiger partial charge in [-0.3, -0.25) is 0 Å². The number of hydrogen-bond acceptors (Lipinski definition) is 1. The van der Waals surface area contributed by atoms with E-state index in [9.17, 15) is 9.50 Å². The van der Waals surface area contributed by atoms with Crippen molar-refractivity contribution in [2.24, 2.45) is 22.7 Å². The van der Waals surface area contributed by atoms with Crippen molar-refractivity contribution in [3.63, 3.8) is 0 Å². The molecular formula is C19H25FO. The molecule has 0 spiro atoms. The zero-order chi connectivity index (χ0) is 14.7. The van der Waals surface area contributed by atoms with E-state index in [2.05, 4.69) is 6.92 Å². The molecular weight excluding hydrogens is 263 g/mol. The Morgan fingerprint density at radius 2 is 1.95 bits per heavy atom. The van der Waals surface area contributed by atoms with E-state index in [-0.39, 0.29) is 17.3 Å². The monoisotopic (exact) mass is 288 g/mol. The highest BCUT2D eigenvalue weighted by atomic mass is 19.1. The smallest absolute Gasteiger partial charge is 0.123 e. The van der Waals surface area contributed by atoms with E-state index in [4.69, 9.17) is 0 Å². The van der Waals surface area contributed by atoms with Crippen molar-refractivity contribution in [2.45, 2.75) is 58.0 Å². The molecule has 3 atom stereocenters. The van der Waals surface area contributed by atoms with Crippen molar-refractivity contribution < 1.29 is 9.50 Å². The Kier molecular flexibility index (Phi) is 2.98. The highest BCUT2D eigenvalue weighted by Crippen LogP contribution is 2.66. The number of aliphatic hydroxyl groups excluding tert-OH is 1. The summed E-state index contributed by atoms with van der Waals surface area (Å²) in [7, 11) is 0. The Morgan fingerprint density at radius 3 is 2.57 bits per heavy atom. The van der Waals surface area contributed by atoms with Crippen LogP contribution in [0.4, 0.5) is 4.39 Å². The first-order chi connectivity index (χ1) is 9.96. The molecule has 0 aromatic heterocycles. The summed E-state index contributed by atoms with van der Waals surface area (Å²) in [6.07, 6.45) is 7.94. The van der Waals surface area contributed by atoms with Gasteiger partial charge in [0.1, 0.15) is 5.82 Å². The molecule has 1 N–H and O–H groups in total. The lowest BCUT2D eigenvalue weighted by Gasteiger charge is -2.62. The van der Waals surface area contributed by atoms with Gasteiger partial charge in [0.25, 0.3) is 0 Å². The molecule has 2 heteroatoms. The normalized spacial score (nSPS) is 42.2. The fraction of sp³-hybridized carbons (Fsp3) is 0.684. The van der Waals surface area contributed by atoms with Gasteiger partial charge in [0.2, 0.25) is 0 Å². The summed E-state index contributed by atoms with van der Waals surface area (Å²) in [6, 6.07) is 6.74. The molecule has 3 unspecified atom stereocenters. The minimum atomic E-state index is -0.315. The van der Waals surface area contributed by atoms with E-state index in [0.29, 0.717) is 11.8 Å². The lowest BCUT2D eigenvalue weighted by Crippen LogP contribution is -2.55. The molecule has 1 aromatic carbocycles. The highest BCUT2D eigenvalue weighted by molar-refractivity contribution is 5.19. The molecule has 0 radical (unpaired) electrons. The van der Waals surface area contributed by atoms with Gasteiger partial charge in [-0.05, 0) is 85.3 Å². The van der Waals surface area contributed by atoms with Crippen LogP contribution >= 0.6 is 0 Å². The van der Waals surface area contributed by atoms with Crippen LogP contribution in [0.3, 0.4) is 0 Å². The van der Waals surface area contributed by atoms with E-state index in [1.807, 2.05) is 6.07 Å². The molecule has 1 nitrogen and oxygen atoms in total. The maximum absolute atomic E-state index is 13.4. The standard InChI is InChI=1S/C19H25FO/c1-18-8-14-5-15(9-18)11-19(10-14,12-18)17(21)7-13-3-2-4-16(20)6-13/h2-4,6,14-15,17,21H,5,7-12H2,1H3. The molecule has 4 fully saturated rings. The summed E-state index contributed by atoms with van der Waals surface area (Å²) < 4.78 is 13.4. The van der Waals surface area contributed by atoms with Crippen molar-refractivity contribution >= 4 is 0 Å². The molecule has 4 aliphatic carbocycles. The van der Waals surface area contributed by atoms with Gasteiger partial charge in [0.15, 0.2) is 0 Å². The minimum Gasteiger partial charge on any atom is -0.392 e. The van der Waals surface area contributed by atoms with Gasteiger partial charge in [0.05, 0.1) is 6.10 Å². The first-order valence-electron chi connectivity index (χ1n) is 8.39. The average Bonchev–Trinajstić information content (AvgIpc) is 2.35. The third-order valence-electron chi connectivity index (χ3n) is 6.42. The Bertz CT molecular complexity index is 538. The van der Waals surface area contributed by atoms with E-state index >= 15 is 0 Å². The van der Waals surface area contributed by atoms with Gasteiger partial charge < -0.3 is 5.11 Å². The summed E-state index contributed by atoms with van der Waals surface area (Å²) in [5.41, 5.74) is 1.49. The van der Waals surface area contributed by atoms with Crippen LogP contribution in [0.15, 0.2) is 24.3 Å². The second-order valence-corrected chi connectivity index (χ2v) is 8.48. The first kappa shape index (κ1) is 13.8. The number of halogens is 1. The number of rotatable bonds is 3. The summed E-state index contributed by atoms with van der Waals surface area (Å²) in [5, 5.41) is 11.0. The zero-order valence-electron chi connectivity index (χ0n) is 12.8.